The molecule has 0 saturated heterocycles. The van der Waals surface area contributed by atoms with Crippen LogP contribution in [-0.4, -0.2) is 16.9 Å². The van der Waals surface area contributed by atoms with Crippen LogP contribution in [-0.2, 0) is 24.2 Å². The zero-order valence-electron chi connectivity index (χ0n) is 11.5. The zero-order valence-corrected chi connectivity index (χ0v) is 12.3. The van der Waals surface area contributed by atoms with Gasteiger partial charge < -0.3 is 11.1 Å². The van der Waals surface area contributed by atoms with Crippen molar-refractivity contribution in [3.8, 4) is 0 Å². The number of benzene rings is 1. The minimum Gasteiger partial charge on any atom is -0.348 e. The van der Waals surface area contributed by atoms with E-state index in [1.54, 1.807) is 11.3 Å². The topological polar surface area (TPSA) is 68.0 Å². The van der Waals surface area contributed by atoms with E-state index in [1.165, 1.54) is 4.88 Å². The van der Waals surface area contributed by atoms with E-state index in [4.69, 9.17) is 5.73 Å². The number of carbonyl (C=O) groups is 1. The maximum absolute atomic E-state index is 11.9. The molecule has 0 radical (unpaired) electrons. The standard InChI is InChI=1S/C15H19N3OS/c1-2-12-9-17-14(20-12)10-18-15(19)13(16)8-11-6-4-3-5-7-11/h3-7,9,13H,2,8,10,16H2,1H3,(H,18,19)/t13-/m0/s1. The van der Waals surface area contributed by atoms with E-state index in [0.717, 1.165) is 17.0 Å². The molecule has 4 nitrogen and oxygen atoms in total. The smallest absolute Gasteiger partial charge is 0.237 e. The van der Waals surface area contributed by atoms with Gasteiger partial charge in [-0.05, 0) is 18.4 Å². The second-order valence-corrected chi connectivity index (χ2v) is 5.79. The molecule has 1 atom stereocenters. The van der Waals surface area contributed by atoms with Gasteiger partial charge in [0.25, 0.3) is 0 Å². The van der Waals surface area contributed by atoms with Crippen LogP contribution >= 0.6 is 11.3 Å². The Kier molecular flexibility index (Phi) is 5.26. The van der Waals surface area contributed by atoms with Crippen LogP contribution in [0.15, 0.2) is 36.5 Å². The molecule has 0 aliphatic rings. The highest BCUT2D eigenvalue weighted by Crippen LogP contribution is 2.12. The lowest BCUT2D eigenvalue weighted by molar-refractivity contribution is -0.122. The molecule has 2 rings (SSSR count). The van der Waals surface area contributed by atoms with Crippen molar-refractivity contribution in [1.82, 2.24) is 10.3 Å². The fourth-order valence-corrected chi connectivity index (χ4v) is 2.65. The summed E-state index contributed by atoms with van der Waals surface area (Å²) in [4.78, 5) is 17.4. The number of thiazole rings is 1. The van der Waals surface area contributed by atoms with Gasteiger partial charge in [-0.25, -0.2) is 4.98 Å². The van der Waals surface area contributed by atoms with Crippen molar-refractivity contribution in [3.05, 3.63) is 52.0 Å². The van der Waals surface area contributed by atoms with Crippen molar-refractivity contribution in [2.24, 2.45) is 5.73 Å². The van der Waals surface area contributed by atoms with Crippen molar-refractivity contribution >= 4 is 17.2 Å². The molecule has 2 aromatic rings. The average Bonchev–Trinajstić information content (AvgIpc) is 2.93. The molecule has 0 bridgehead atoms. The van der Waals surface area contributed by atoms with E-state index < -0.39 is 6.04 Å². The van der Waals surface area contributed by atoms with E-state index in [-0.39, 0.29) is 5.91 Å². The zero-order chi connectivity index (χ0) is 14.4. The van der Waals surface area contributed by atoms with Crippen LogP contribution in [0.3, 0.4) is 0 Å². The predicted molar refractivity (Wildman–Crippen MR) is 81.5 cm³/mol. The summed E-state index contributed by atoms with van der Waals surface area (Å²) in [6, 6.07) is 9.26. The summed E-state index contributed by atoms with van der Waals surface area (Å²) in [5, 5.41) is 3.76. The molecule has 0 unspecified atom stereocenters. The minimum atomic E-state index is -0.525. The van der Waals surface area contributed by atoms with Gasteiger partial charge in [0, 0.05) is 11.1 Å². The molecule has 0 spiro atoms. The molecule has 0 fully saturated rings. The Labute approximate surface area is 123 Å². The lowest BCUT2D eigenvalue weighted by Crippen LogP contribution is -2.41. The number of nitrogens with one attached hydrogen (secondary N) is 1. The molecule has 20 heavy (non-hydrogen) atoms. The highest BCUT2D eigenvalue weighted by Gasteiger charge is 2.14. The van der Waals surface area contributed by atoms with Gasteiger partial charge in [-0.15, -0.1) is 11.3 Å². The third-order valence-electron chi connectivity index (χ3n) is 3.00. The fourth-order valence-electron chi connectivity index (χ4n) is 1.85. The van der Waals surface area contributed by atoms with Gasteiger partial charge in [-0.1, -0.05) is 37.3 Å². The molecule has 1 heterocycles. The Balaban J connectivity index is 1.82. The van der Waals surface area contributed by atoms with Crippen molar-refractivity contribution in [2.75, 3.05) is 0 Å². The first-order chi connectivity index (χ1) is 9.69. The number of hydrogen-bond acceptors (Lipinski definition) is 4. The van der Waals surface area contributed by atoms with E-state index in [0.29, 0.717) is 13.0 Å². The number of hydrogen-bond donors (Lipinski definition) is 2. The Morgan fingerprint density at radius 2 is 2.15 bits per heavy atom. The van der Waals surface area contributed by atoms with Crippen molar-refractivity contribution in [2.45, 2.75) is 32.4 Å². The first-order valence-corrected chi connectivity index (χ1v) is 7.51. The maximum Gasteiger partial charge on any atom is 0.237 e. The van der Waals surface area contributed by atoms with E-state index in [2.05, 4.69) is 17.2 Å². The third-order valence-corrected chi connectivity index (χ3v) is 4.14. The molecular weight excluding hydrogens is 270 g/mol. The van der Waals surface area contributed by atoms with E-state index >= 15 is 0 Å². The largest absolute Gasteiger partial charge is 0.348 e. The Morgan fingerprint density at radius 1 is 1.40 bits per heavy atom. The summed E-state index contributed by atoms with van der Waals surface area (Å²) < 4.78 is 0. The van der Waals surface area contributed by atoms with Crippen LogP contribution in [0.25, 0.3) is 0 Å². The summed E-state index contributed by atoms with van der Waals surface area (Å²) in [7, 11) is 0. The second-order valence-electron chi connectivity index (χ2n) is 4.59. The number of rotatable bonds is 6. The normalized spacial score (nSPS) is 12.1. The SMILES string of the molecule is CCc1cnc(CNC(=O)[C@@H](N)Cc2ccccc2)s1. The predicted octanol–water partition coefficient (Wildman–Crippen LogP) is 1.89. The molecule has 1 amide bonds. The number of carbonyl (C=O) groups excluding carboxylic acids is 1. The molecule has 106 valence electrons. The number of nitrogens with two attached hydrogens (primary N) is 1. The lowest BCUT2D eigenvalue weighted by Gasteiger charge is -2.11. The van der Waals surface area contributed by atoms with Crippen LogP contribution in [0.1, 0.15) is 22.4 Å². The van der Waals surface area contributed by atoms with Crippen LogP contribution in [0.5, 0.6) is 0 Å². The molecule has 0 saturated carbocycles. The minimum absolute atomic E-state index is 0.137. The molecule has 0 aliphatic heterocycles. The maximum atomic E-state index is 11.9. The highest BCUT2D eigenvalue weighted by atomic mass is 32.1. The molecule has 3 N–H and O–H groups in total. The molecule has 0 aliphatic carbocycles. The van der Waals surface area contributed by atoms with Crippen molar-refractivity contribution < 1.29 is 4.79 Å². The average molecular weight is 289 g/mol. The second kappa shape index (κ2) is 7.17. The van der Waals surface area contributed by atoms with Crippen LogP contribution in [0.4, 0.5) is 0 Å². The van der Waals surface area contributed by atoms with E-state index in [1.807, 2.05) is 36.5 Å². The summed E-state index contributed by atoms with van der Waals surface area (Å²) in [5.74, 6) is -0.137. The third kappa shape index (κ3) is 4.15. The summed E-state index contributed by atoms with van der Waals surface area (Å²) >= 11 is 1.62. The quantitative estimate of drug-likeness (QED) is 0.853. The Morgan fingerprint density at radius 3 is 2.80 bits per heavy atom. The van der Waals surface area contributed by atoms with Gasteiger partial charge in [-0.3, -0.25) is 4.79 Å². The molecule has 1 aromatic heterocycles. The van der Waals surface area contributed by atoms with Gasteiger partial charge in [0.15, 0.2) is 0 Å². The molecule has 1 aromatic carbocycles. The lowest BCUT2D eigenvalue weighted by atomic mass is 10.1. The Bertz CT molecular complexity index is 553. The fraction of sp³-hybridized carbons (Fsp3) is 0.333. The number of nitrogens with zero attached hydrogens (tertiary/aromatic N) is 1. The summed E-state index contributed by atoms with van der Waals surface area (Å²) in [6.45, 7) is 2.54. The number of amides is 1. The summed E-state index contributed by atoms with van der Waals surface area (Å²) in [6.07, 6.45) is 3.37. The first-order valence-electron chi connectivity index (χ1n) is 6.70. The molecular formula is C15H19N3OS. The van der Waals surface area contributed by atoms with Gasteiger partial charge >= 0.3 is 0 Å². The van der Waals surface area contributed by atoms with Crippen LogP contribution in [0.2, 0.25) is 0 Å². The van der Waals surface area contributed by atoms with Crippen LogP contribution in [0, 0.1) is 0 Å². The van der Waals surface area contributed by atoms with Gasteiger partial charge in [0.2, 0.25) is 5.91 Å². The van der Waals surface area contributed by atoms with Gasteiger partial charge in [-0.2, -0.15) is 0 Å². The highest BCUT2D eigenvalue weighted by molar-refractivity contribution is 7.11. The van der Waals surface area contributed by atoms with Crippen molar-refractivity contribution in [3.63, 3.8) is 0 Å². The number of aryl methyl sites for hydroxylation is 1. The Hall–Kier alpha value is -1.72. The number of aromatic nitrogens is 1. The summed E-state index contributed by atoms with van der Waals surface area (Å²) in [5.41, 5.74) is 6.98. The van der Waals surface area contributed by atoms with E-state index in [9.17, 15) is 4.79 Å². The van der Waals surface area contributed by atoms with Gasteiger partial charge in [0.1, 0.15) is 5.01 Å². The molecule has 5 heteroatoms. The van der Waals surface area contributed by atoms with Crippen molar-refractivity contribution in [1.29, 1.82) is 0 Å². The first kappa shape index (κ1) is 14.7. The van der Waals surface area contributed by atoms with Gasteiger partial charge in [0.05, 0.1) is 12.6 Å². The van der Waals surface area contributed by atoms with Crippen LogP contribution < -0.4 is 11.1 Å². The monoisotopic (exact) mass is 289 g/mol.